The molecule has 0 atom stereocenters. The van der Waals surface area contributed by atoms with Crippen LogP contribution in [0.2, 0.25) is 5.02 Å². The maximum Gasteiger partial charge on any atom is 0.229 e. The molecule has 0 radical (unpaired) electrons. The van der Waals surface area contributed by atoms with Gasteiger partial charge in [0, 0.05) is 5.02 Å². The van der Waals surface area contributed by atoms with Crippen LogP contribution in [0.1, 0.15) is 5.56 Å². The Kier molecular flexibility index (Phi) is 4.39. The zero-order chi connectivity index (χ0) is 13.8. The first-order chi connectivity index (χ1) is 9.04. The standard InChI is InChI=1S/C13H11BrClN3O/c14-11-6-10(16)7-17-13(11)18-12(19)5-8-2-1-3-9(15)4-8/h1-4,6-7H,5,16H2,(H,17,18,19). The number of aromatic nitrogens is 1. The molecule has 0 saturated carbocycles. The van der Waals surface area contributed by atoms with Crippen LogP contribution in [0.25, 0.3) is 0 Å². The fourth-order valence-electron chi connectivity index (χ4n) is 1.55. The van der Waals surface area contributed by atoms with E-state index in [0.29, 0.717) is 21.0 Å². The Morgan fingerprint density at radius 2 is 2.21 bits per heavy atom. The Morgan fingerprint density at radius 3 is 2.89 bits per heavy atom. The highest BCUT2D eigenvalue weighted by Gasteiger charge is 2.08. The summed E-state index contributed by atoms with van der Waals surface area (Å²) in [7, 11) is 0. The fourth-order valence-corrected chi connectivity index (χ4v) is 2.23. The van der Waals surface area contributed by atoms with Gasteiger partial charge >= 0.3 is 0 Å². The first-order valence-electron chi connectivity index (χ1n) is 5.50. The second-order valence-electron chi connectivity index (χ2n) is 3.95. The monoisotopic (exact) mass is 339 g/mol. The molecule has 2 aromatic rings. The van der Waals surface area contributed by atoms with Crippen LogP contribution in [-0.4, -0.2) is 10.9 Å². The molecular weight excluding hydrogens is 330 g/mol. The lowest BCUT2D eigenvalue weighted by Gasteiger charge is -2.07. The van der Waals surface area contributed by atoms with Crippen molar-refractivity contribution in [3.8, 4) is 0 Å². The number of benzene rings is 1. The molecule has 0 unspecified atom stereocenters. The van der Waals surface area contributed by atoms with Crippen LogP contribution in [0.15, 0.2) is 41.0 Å². The number of hydrogen-bond acceptors (Lipinski definition) is 3. The van der Waals surface area contributed by atoms with Crippen molar-refractivity contribution in [3.05, 3.63) is 51.6 Å². The van der Waals surface area contributed by atoms with Gasteiger partial charge in [-0.3, -0.25) is 4.79 Å². The van der Waals surface area contributed by atoms with E-state index < -0.39 is 0 Å². The SMILES string of the molecule is Nc1cnc(NC(=O)Cc2cccc(Cl)c2)c(Br)c1. The van der Waals surface area contributed by atoms with Crippen molar-refractivity contribution in [1.29, 1.82) is 0 Å². The van der Waals surface area contributed by atoms with Crippen molar-refractivity contribution in [1.82, 2.24) is 4.98 Å². The van der Waals surface area contributed by atoms with Gasteiger partial charge in [0.2, 0.25) is 5.91 Å². The number of hydrogen-bond donors (Lipinski definition) is 2. The summed E-state index contributed by atoms with van der Waals surface area (Å²) < 4.78 is 0.645. The Bertz CT molecular complexity index is 619. The molecule has 19 heavy (non-hydrogen) atoms. The van der Waals surface area contributed by atoms with E-state index in [2.05, 4.69) is 26.2 Å². The molecule has 0 aliphatic carbocycles. The maximum atomic E-state index is 11.9. The number of pyridine rings is 1. The second kappa shape index (κ2) is 6.04. The lowest BCUT2D eigenvalue weighted by molar-refractivity contribution is -0.115. The van der Waals surface area contributed by atoms with Gasteiger partial charge < -0.3 is 11.1 Å². The molecule has 2 rings (SSSR count). The molecule has 1 heterocycles. The molecule has 0 saturated heterocycles. The van der Waals surface area contributed by atoms with E-state index in [4.69, 9.17) is 17.3 Å². The number of nitrogens with two attached hydrogens (primary N) is 1. The number of amides is 1. The van der Waals surface area contributed by atoms with Crippen molar-refractivity contribution in [2.75, 3.05) is 11.1 Å². The van der Waals surface area contributed by atoms with Gasteiger partial charge in [0.25, 0.3) is 0 Å². The van der Waals surface area contributed by atoms with Gasteiger partial charge in [-0.15, -0.1) is 0 Å². The van der Waals surface area contributed by atoms with Crippen LogP contribution in [0.4, 0.5) is 11.5 Å². The third-order valence-electron chi connectivity index (χ3n) is 2.37. The zero-order valence-electron chi connectivity index (χ0n) is 9.86. The summed E-state index contributed by atoms with van der Waals surface area (Å²) in [6, 6.07) is 8.86. The number of halogens is 2. The van der Waals surface area contributed by atoms with Gasteiger partial charge in [0.05, 0.1) is 22.8 Å². The third-order valence-corrected chi connectivity index (χ3v) is 3.21. The summed E-state index contributed by atoms with van der Waals surface area (Å²) >= 11 is 9.16. The quantitative estimate of drug-likeness (QED) is 0.901. The summed E-state index contributed by atoms with van der Waals surface area (Å²) in [5.41, 5.74) is 6.95. The van der Waals surface area contributed by atoms with Crippen molar-refractivity contribution >= 4 is 44.9 Å². The number of nitrogens with zero attached hydrogens (tertiary/aromatic N) is 1. The summed E-state index contributed by atoms with van der Waals surface area (Å²) in [4.78, 5) is 15.9. The van der Waals surface area contributed by atoms with Gasteiger partial charge in [-0.2, -0.15) is 0 Å². The van der Waals surface area contributed by atoms with Gasteiger partial charge in [-0.1, -0.05) is 23.7 Å². The molecular formula is C13H11BrClN3O. The Labute approximate surface area is 124 Å². The van der Waals surface area contributed by atoms with Crippen LogP contribution in [0.5, 0.6) is 0 Å². The minimum absolute atomic E-state index is 0.166. The van der Waals surface area contributed by atoms with Crippen LogP contribution in [0, 0.1) is 0 Å². The van der Waals surface area contributed by atoms with Crippen LogP contribution < -0.4 is 11.1 Å². The van der Waals surface area contributed by atoms with Crippen LogP contribution in [0.3, 0.4) is 0 Å². The lowest BCUT2D eigenvalue weighted by atomic mass is 10.1. The van der Waals surface area contributed by atoms with E-state index in [1.807, 2.05) is 12.1 Å². The van der Waals surface area contributed by atoms with Gasteiger partial charge in [0.1, 0.15) is 5.82 Å². The van der Waals surface area contributed by atoms with E-state index >= 15 is 0 Å². The predicted octanol–water partition coefficient (Wildman–Crippen LogP) is 3.26. The number of nitrogens with one attached hydrogen (secondary N) is 1. The highest BCUT2D eigenvalue weighted by atomic mass is 79.9. The molecule has 4 nitrogen and oxygen atoms in total. The maximum absolute atomic E-state index is 11.9. The van der Waals surface area contributed by atoms with E-state index in [0.717, 1.165) is 5.56 Å². The number of nitrogen functional groups attached to an aromatic ring is 1. The molecule has 6 heteroatoms. The van der Waals surface area contributed by atoms with Crippen molar-refractivity contribution in [2.24, 2.45) is 0 Å². The number of anilines is 2. The Morgan fingerprint density at radius 1 is 1.42 bits per heavy atom. The Balaban J connectivity index is 2.05. The van der Waals surface area contributed by atoms with Crippen molar-refractivity contribution < 1.29 is 4.79 Å². The Hall–Kier alpha value is -1.59. The summed E-state index contributed by atoms with van der Waals surface area (Å²) in [5, 5.41) is 3.32. The van der Waals surface area contributed by atoms with Gasteiger partial charge in [0.15, 0.2) is 0 Å². The highest BCUT2D eigenvalue weighted by molar-refractivity contribution is 9.10. The normalized spacial score (nSPS) is 10.2. The highest BCUT2D eigenvalue weighted by Crippen LogP contribution is 2.22. The zero-order valence-corrected chi connectivity index (χ0v) is 12.2. The van der Waals surface area contributed by atoms with E-state index in [1.165, 1.54) is 6.20 Å². The van der Waals surface area contributed by atoms with Gasteiger partial charge in [-0.25, -0.2) is 4.98 Å². The first-order valence-corrected chi connectivity index (χ1v) is 6.67. The summed E-state index contributed by atoms with van der Waals surface area (Å²) in [6.07, 6.45) is 1.72. The fraction of sp³-hybridized carbons (Fsp3) is 0.0769. The van der Waals surface area contributed by atoms with Crippen LogP contribution in [-0.2, 0) is 11.2 Å². The average molecular weight is 341 g/mol. The van der Waals surface area contributed by atoms with Gasteiger partial charge in [-0.05, 0) is 39.7 Å². The first kappa shape index (κ1) is 13.8. The average Bonchev–Trinajstić information content (AvgIpc) is 2.33. The number of rotatable bonds is 3. The molecule has 0 aliphatic heterocycles. The lowest BCUT2D eigenvalue weighted by Crippen LogP contribution is -2.15. The van der Waals surface area contributed by atoms with E-state index in [9.17, 15) is 4.79 Å². The largest absolute Gasteiger partial charge is 0.397 e. The minimum atomic E-state index is -0.166. The van der Waals surface area contributed by atoms with Crippen molar-refractivity contribution in [3.63, 3.8) is 0 Å². The second-order valence-corrected chi connectivity index (χ2v) is 5.24. The number of carbonyl (C=O) groups excluding carboxylic acids is 1. The summed E-state index contributed by atoms with van der Waals surface area (Å²) in [6.45, 7) is 0. The number of carbonyl (C=O) groups is 1. The predicted molar refractivity (Wildman–Crippen MR) is 80.1 cm³/mol. The third kappa shape index (κ3) is 3.94. The molecule has 98 valence electrons. The molecule has 0 fully saturated rings. The molecule has 0 spiro atoms. The molecule has 0 bridgehead atoms. The smallest absolute Gasteiger partial charge is 0.229 e. The minimum Gasteiger partial charge on any atom is -0.397 e. The molecule has 1 aromatic carbocycles. The topological polar surface area (TPSA) is 68.0 Å². The van der Waals surface area contributed by atoms with Crippen LogP contribution >= 0.6 is 27.5 Å². The van der Waals surface area contributed by atoms with E-state index in [-0.39, 0.29) is 12.3 Å². The molecule has 1 amide bonds. The van der Waals surface area contributed by atoms with E-state index in [1.54, 1.807) is 18.2 Å². The molecule has 0 aliphatic rings. The summed E-state index contributed by atoms with van der Waals surface area (Å²) in [5.74, 6) is 0.279. The van der Waals surface area contributed by atoms with Crippen molar-refractivity contribution in [2.45, 2.75) is 6.42 Å². The molecule has 1 aromatic heterocycles. The molecule has 3 N–H and O–H groups in total.